The zero-order chi connectivity index (χ0) is 18.9. The summed E-state index contributed by atoms with van der Waals surface area (Å²) in [7, 11) is 0. The molecule has 2 aliphatic heterocycles. The number of thiophene rings is 1. The SMILES string of the molecule is CC1(C(=O)Nc2sc3c(c2C(=O)N2CCOCC2)CCOC3)CCCCC1. The number of carbonyl (C=O) groups excluding carboxylic acids is 2. The van der Waals surface area contributed by atoms with E-state index in [2.05, 4.69) is 12.2 Å². The van der Waals surface area contributed by atoms with Crippen molar-refractivity contribution in [1.82, 2.24) is 4.90 Å². The fraction of sp³-hybridized carbons (Fsp3) is 0.700. The molecule has 2 amide bonds. The van der Waals surface area contributed by atoms with Gasteiger partial charge in [0.25, 0.3) is 5.91 Å². The van der Waals surface area contributed by atoms with Gasteiger partial charge in [0.15, 0.2) is 0 Å². The van der Waals surface area contributed by atoms with Crippen LogP contribution in [-0.4, -0.2) is 49.6 Å². The van der Waals surface area contributed by atoms with Gasteiger partial charge >= 0.3 is 0 Å². The molecule has 1 aliphatic carbocycles. The van der Waals surface area contributed by atoms with Crippen LogP contribution >= 0.6 is 11.3 Å². The third-order valence-corrected chi connectivity index (χ3v) is 7.19. The number of carbonyl (C=O) groups is 2. The Balaban J connectivity index is 1.62. The number of anilines is 1. The lowest BCUT2D eigenvalue weighted by atomic mass is 9.75. The fourth-order valence-corrected chi connectivity index (χ4v) is 5.46. The summed E-state index contributed by atoms with van der Waals surface area (Å²) in [5.74, 6) is 0.0690. The van der Waals surface area contributed by atoms with Crippen molar-refractivity contribution in [2.45, 2.75) is 52.1 Å². The van der Waals surface area contributed by atoms with E-state index in [1.165, 1.54) is 17.8 Å². The third kappa shape index (κ3) is 3.77. The zero-order valence-corrected chi connectivity index (χ0v) is 16.8. The molecule has 6 nitrogen and oxygen atoms in total. The molecule has 3 heterocycles. The van der Waals surface area contributed by atoms with E-state index in [1.54, 1.807) is 0 Å². The van der Waals surface area contributed by atoms with E-state index in [1.807, 2.05) is 4.90 Å². The van der Waals surface area contributed by atoms with Crippen molar-refractivity contribution < 1.29 is 19.1 Å². The van der Waals surface area contributed by atoms with Crippen molar-refractivity contribution in [2.75, 3.05) is 38.2 Å². The Hall–Kier alpha value is -1.44. The second-order valence-electron chi connectivity index (χ2n) is 7.99. The van der Waals surface area contributed by atoms with Gasteiger partial charge in [-0.05, 0) is 24.8 Å². The average Bonchev–Trinajstić information content (AvgIpc) is 3.06. The summed E-state index contributed by atoms with van der Waals surface area (Å²) in [6.45, 7) is 5.55. The highest BCUT2D eigenvalue weighted by molar-refractivity contribution is 7.17. The zero-order valence-electron chi connectivity index (χ0n) is 16.0. The van der Waals surface area contributed by atoms with Gasteiger partial charge in [-0.1, -0.05) is 26.2 Å². The van der Waals surface area contributed by atoms with Gasteiger partial charge in [0.2, 0.25) is 5.91 Å². The molecular formula is C20H28N2O4S. The van der Waals surface area contributed by atoms with Crippen LogP contribution in [0.25, 0.3) is 0 Å². The second-order valence-corrected chi connectivity index (χ2v) is 9.10. The molecule has 0 spiro atoms. The number of nitrogens with one attached hydrogen (secondary N) is 1. The Labute approximate surface area is 164 Å². The van der Waals surface area contributed by atoms with E-state index >= 15 is 0 Å². The van der Waals surface area contributed by atoms with Gasteiger partial charge < -0.3 is 19.7 Å². The van der Waals surface area contributed by atoms with Crippen LogP contribution in [0.2, 0.25) is 0 Å². The minimum atomic E-state index is -0.335. The second kappa shape index (κ2) is 7.89. The molecule has 2 fully saturated rings. The summed E-state index contributed by atoms with van der Waals surface area (Å²) >= 11 is 1.51. The third-order valence-electron chi connectivity index (χ3n) is 6.06. The lowest BCUT2D eigenvalue weighted by Gasteiger charge is -2.32. The summed E-state index contributed by atoms with van der Waals surface area (Å²) in [5.41, 5.74) is 1.42. The minimum Gasteiger partial charge on any atom is -0.378 e. The van der Waals surface area contributed by atoms with Crippen LogP contribution in [0.15, 0.2) is 0 Å². The quantitative estimate of drug-likeness (QED) is 0.858. The van der Waals surface area contributed by atoms with Crippen LogP contribution in [-0.2, 0) is 27.3 Å². The smallest absolute Gasteiger partial charge is 0.257 e. The molecule has 0 atom stereocenters. The number of nitrogens with zero attached hydrogens (tertiary/aromatic N) is 1. The van der Waals surface area contributed by atoms with Gasteiger partial charge in [0.05, 0.1) is 32.0 Å². The first-order valence-electron chi connectivity index (χ1n) is 9.99. The Morgan fingerprint density at radius 1 is 1.07 bits per heavy atom. The summed E-state index contributed by atoms with van der Waals surface area (Å²) < 4.78 is 11.0. The largest absolute Gasteiger partial charge is 0.378 e. The van der Waals surface area contributed by atoms with E-state index in [4.69, 9.17) is 9.47 Å². The van der Waals surface area contributed by atoms with Gasteiger partial charge in [-0.15, -0.1) is 11.3 Å². The normalized spacial score (nSPS) is 22.2. The van der Waals surface area contributed by atoms with Gasteiger partial charge in [-0.25, -0.2) is 0 Å². The van der Waals surface area contributed by atoms with Crippen LogP contribution in [0.4, 0.5) is 5.00 Å². The highest BCUT2D eigenvalue weighted by Gasteiger charge is 2.37. The number of rotatable bonds is 3. The van der Waals surface area contributed by atoms with Gasteiger partial charge in [-0.3, -0.25) is 9.59 Å². The topological polar surface area (TPSA) is 67.9 Å². The van der Waals surface area contributed by atoms with Crippen molar-refractivity contribution in [2.24, 2.45) is 5.41 Å². The van der Waals surface area contributed by atoms with Gasteiger partial charge in [0, 0.05) is 23.4 Å². The number of fused-ring (bicyclic) bond motifs is 1. The molecule has 1 aromatic rings. The van der Waals surface area contributed by atoms with E-state index < -0.39 is 0 Å². The summed E-state index contributed by atoms with van der Waals surface area (Å²) in [6, 6.07) is 0. The molecule has 4 rings (SSSR count). The maximum Gasteiger partial charge on any atom is 0.257 e. The average molecular weight is 393 g/mol. The van der Waals surface area contributed by atoms with E-state index in [0.29, 0.717) is 50.1 Å². The first kappa shape index (κ1) is 18.9. The van der Waals surface area contributed by atoms with Crippen LogP contribution in [0.1, 0.15) is 59.8 Å². The van der Waals surface area contributed by atoms with Crippen LogP contribution in [0.3, 0.4) is 0 Å². The monoisotopic (exact) mass is 392 g/mol. The number of hydrogen-bond donors (Lipinski definition) is 1. The molecule has 0 radical (unpaired) electrons. The molecule has 0 aromatic carbocycles. The maximum absolute atomic E-state index is 13.3. The molecule has 148 valence electrons. The predicted molar refractivity (Wildman–Crippen MR) is 104 cm³/mol. The summed E-state index contributed by atoms with van der Waals surface area (Å²) in [4.78, 5) is 29.3. The standard InChI is InChI=1S/C20H28N2O4S/c1-20(6-3-2-4-7-20)19(24)21-17-16(14-5-10-26-13-15(14)27-17)18(23)22-8-11-25-12-9-22/h2-13H2,1H3,(H,21,24). The van der Waals surface area contributed by atoms with Crippen LogP contribution in [0, 0.1) is 5.41 Å². The lowest BCUT2D eigenvalue weighted by molar-refractivity contribution is -0.126. The number of hydrogen-bond acceptors (Lipinski definition) is 5. The minimum absolute atomic E-state index is 0.0156. The Morgan fingerprint density at radius 2 is 1.81 bits per heavy atom. The van der Waals surface area contributed by atoms with Crippen molar-refractivity contribution >= 4 is 28.2 Å². The predicted octanol–water partition coefficient (Wildman–Crippen LogP) is 3.20. The fourth-order valence-electron chi connectivity index (χ4n) is 4.28. The Morgan fingerprint density at radius 3 is 2.56 bits per heavy atom. The first-order chi connectivity index (χ1) is 13.1. The van der Waals surface area contributed by atoms with E-state index in [-0.39, 0.29) is 17.2 Å². The van der Waals surface area contributed by atoms with Crippen molar-refractivity contribution in [3.8, 4) is 0 Å². The molecule has 1 aromatic heterocycles. The molecule has 0 bridgehead atoms. The van der Waals surface area contributed by atoms with Gasteiger partial charge in [-0.2, -0.15) is 0 Å². The number of amides is 2. The molecule has 7 heteroatoms. The molecule has 3 aliphatic rings. The molecule has 0 unspecified atom stereocenters. The number of ether oxygens (including phenoxy) is 2. The Kier molecular flexibility index (Phi) is 5.53. The Bertz CT molecular complexity index is 718. The van der Waals surface area contributed by atoms with Crippen molar-refractivity contribution in [3.63, 3.8) is 0 Å². The lowest BCUT2D eigenvalue weighted by Crippen LogP contribution is -2.41. The van der Waals surface area contributed by atoms with Crippen LogP contribution < -0.4 is 5.32 Å². The van der Waals surface area contributed by atoms with E-state index in [9.17, 15) is 9.59 Å². The molecule has 1 saturated carbocycles. The summed E-state index contributed by atoms with van der Waals surface area (Å²) in [6.07, 6.45) is 5.95. The highest BCUT2D eigenvalue weighted by Crippen LogP contribution is 2.41. The molecular weight excluding hydrogens is 364 g/mol. The number of morpholine rings is 1. The molecule has 1 saturated heterocycles. The van der Waals surface area contributed by atoms with Crippen molar-refractivity contribution in [3.05, 3.63) is 16.0 Å². The highest BCUT2D eigenvalue weighted by atomic mass is 32.1. The van der Waals surface area contributed by atoms with Gasteiger partial charge in [0.1, 0.15) is 5.00 Å². The maximum atomic E-state index is 13.3. The molecule has 27 heavy (non-hydrogen) atoms. The van der Waals surface area contributed by atoms with E-state index in [0.717, 1.165) is 42.5 Å². The molecule has 1 N–H and O–H groups in total. The van der Waals surface area contributed by atoms with Crippen LogP contribution in [0.5, 0.6) is 0 Å². The summed E-state index contributed by atoms with van der Waals surface area (Å²) in [5, 5.41) is 3.85. The van der Waals surface area contributed by atoms with Crippen molar-refractivity contribution in [1.29, 1.82) is 0 Å². The first-order valence-corrected chi connectivity index (χ1v) is 10.8.